The van der Waals surface area contributed by atoms with E-state index in [9.17, 15) is 0 Å². The maximum Gasteiger partial charge on any atom is 0.193 e. The molecule has 0 aromatic carbocycles. The van der Waals surface area contributed by atoms with E-state index in [1.165, 1.54) is 25.9 Å². The van der Waals surface area contributed by atoms with Crippen LogP contribution in [0.4, 0.5) is 0 Å². The molecular weight excluding hydrogens is 439 g/mol. The lowest BCUT2D eigenvalue weighted by Gasteiger charge is -2.44. The molecule has 0 aromatic heterocycles. The predicted molar refractivity (Wildman–Crippen MR) is 122 cm³/mol. The fourth-order valence-electron chi connectivity index (χ4n) is 4.20. The van der Waals surface area contributed by atoms with Gasteiger partial charge in [-0.05, 0) is 45.4 Å². The normalized spacial score (nSPS) is 27.9. The molecule has 0 aromatic rings. The second-order valence-electron chi connectivity index (χ2n) is 8.94. The smallest absolute Gasteiger partial charge is 0.193 e. The molecule has 0 aliphatic carbocycles. The summed E-state index contributed by atoms with van der Waals surface area (Å²) in [5.41, 5.74) is 0.0981. The molecule has 0 radical (unpaired) electrons. The van der Waals surface area contributed by atoms with Crippen LogP contribution >= 0.6 is 24.0 Å². The molecule has 6 heteroatoms. The second-order valence-corrected chi connectivity index (χ2v) is 8.94. The van der Waals surface area contributed by atoms with E-state index in [0.29, 0.717) is 5.92 Å². The summed E-state index contributed by atoms with van der Waals surface area (Å²) in [6.07, 6.45) is 2.52. The quantitative estimate of drug-likeness (QED) is 0.360. The third-order valence-electron chi connectivity index (χ3n) is 5.59. The molecular formula is C20H41IN4O. The lowest BCUT2D eigenvalue weighted by atomic mass is 9.88. The molecule has 2 saturated heterocycles. The van der Waals surface area contributed by atoms with Crippen LogP contribution in [-0.2, 0) is 4.74 Å². The lowest BCUT2D eigenvalue weighted by molar-refractivity contribution is 0.0511. The van der Waals surface area contributed by atoms with Crippen LogP contribution in [0.5, 0.6) is 0 Å². The average molecular weight is 480 g/mol. The third kappa shape index (κ3) is 7.15. The molecule has 2 fully saturated rings. The van der Waals surface area contributed by atoms with Crippen LogP contribution in [0.2, 0.25) is 0 Å². The summed E-state index contributed by atoms with van der Waals surface area (Å²) < 4.78 is 5.52. The Morgan fingerprint density at radius 2 is 1.92 bits per heavy atom. The van der Waals surface area contributed by atoms with Crippen molar-refractivity contribution in [2.45, 2.75) is 53.0 Å². The van der Waals surface area contributed by atoms with Crippen LogP contribution in [0.1, 0.15) is 47.5 Å². The number of hydrogen-bond donors (Lipinski definition) is 1. The third-order valence-corrected chi connectivity index (χ3v) is 5.59. The summed E-state index contributed by atoms with van der Waals surface area (Å²) >= 11 is 0. The summed E-state index contributed by atoms with van der Waals surface area (Å²) in [4.78, 5) is 9.92. The number of ether oxygens (including phenoxy) is 1. The second kappa shape index (κ2) is 11.1. The Morgan fingerprint density at radius 3 is 2.46 bits per heavy atom. The standard InChI is InChI=1S/C20H40N4O.HI/c1-7-21-19(23(6)13-18-8-9-25-14-18)22-15-20(4,5)24-11-16(2)10-17(3)12-24;/h16-18H,7-15H2,1-6H3,(H,21,22);1H. The largest absolute Gasteiger partial charge is 0.381 e. The zero-order chi connectivity index (χ0) is 18.4. The minimum atomic E-state index is 0. The van der Waals surface area contributed by atoms with Crippen LogP contribution in [0.25, 0.3) is 0 Å². The Bertz CT molecular complexity index is 428. The Morgan fingerprint density at radius 1 is 1.27 bits per heavy atom. The highest BCUT2D eigenvalue weighted by molar-refractivity contribution is 14.0. The zero-order valence-corrected chi connectivity index (χ0v) is 20.1. The van der Waals surface area contributed by atoms with E-state index in [0.717, 1.165) is 50.6 Å². The number of nitrogens with one attached hydrogen (secondary N) is 1. The monoisotopic (exact) mass is 480 g/mol. The molecule has 2 aliphatic rings. The molecule has 26 heavy (non-hydrogen) atoms. The minimum Gasteiger partial charge on any atom is -0.381 e. The number of hydrogen-bond acceptors (Lipinski definition) is 3. The average Bonchev–Trinajstić information content (AvgIpc) is 3.03. The summed E-state index contributed by atoms with van der Waals surface area (Å²) in [5, 5.41) is 3.47. The molecule has 0 amide bonds. The van der Waals surface area contributed by atoms with E-state index in [-0.39, 0.29) is 29.5 Å². The maximum absolute atomic E-state index is 5.52. The van der Waals surface area contributed by atoms with Crippen molar-refractivity contribution in [2.75, 3.05) is 53.0 Å². The van der Waals surface area contributed by atoms with Gasteiger partial charge in [0.2, 0.25) is 0 Å². The van der Waals surface area contributed by atoms with Gasteiger partial charge >= 0.3 is 0 Å². The molecule has 1 N–H and O–H groups in total. The topological polar surface area (TPSA) is 40.1 Å². The number of likely N-dealkylation sites (tertiary alicyclic amines) is 1. The van der Waals surface area contributed by atoms with Gasteiger partial charge in [0, 0.05) is 51.3 Å². The summed E-state index contributed by atoms with van der Waals surface area (Å²) in [7, 11) is 2.15. The first-order chi connectivity index (χ1) is 11.8. The fraction of sp³-hybridized carbons (Fsp3) is 0.950. The molecule has 2 aliphatic heterocycles. The molecule has 3 atom stereocenters. The van der Waals surface area contributed by atoms with Crippen molar-refractivity contribution in [1.82, 2.24) is 15.1 Å². The first-order valence-electron chi connectivity index (χ1n) is 10.1. The first-order valence-corrected chi connectivity index (χ1v) is 10.1. The number of rotatable bonds is 6. The van der Waals surface area contributed by atoms with Gasteiger partial charge in [-0.1, -0.05) is 13.8 Å². The van der Waals surface area contributed by atoms with Crippen LogP contribution in [0.3, 0.4) is 0 Å². The Hall–Kier alpha value is -0.0800. The highest BCUT2D eigenvalue weighted by Crippen LogP contribution is 2.27. The van der Waals surface area contributed by atoms with E-state index >= 15 is 0 Å². The summed E-state index contributed by atoms with van der Waals surface area (Å²) in [5.74, 6) is 3.22. The van der Waals surface area contributed by atoms with Gasteiger partial charge in [-0.3, -0.25) is 9.89 Å². The van der Waals surface area contributed by atoms with Gasteiger partial charge in [-0.25, -0.2) is 0 Å². The van der Waals surface area contributed by atoms with Crippen molar-refractivity contribution in [3.8, 4) is 0 Å². The van der Waals surface area contributed by atoms with E-state index in [1.807, 2.05) is 0 Å². The number of guanidine groups is 1. The fourth-order valence-corrected chi connectivity index (χ4v) is 4.20. The van der Waals surface area contributed by atoms with Crippen molar-refractivity contribution in [1.29, 1.82) is 0 Å². The SMILES string of the molecule is CCNC(=NCC(C)(C)N1CC(C)CC(C)C1)N(C)CC1CCOC1.I. The highest BCUT2D eigenvalue weighted by atomic mass is 127. The maximum atomic E-state index is 5.52. The van der Waals surface area contributed by atoms with Gasteiger partial charge in [0.15, 0.2) is 5.96 Å². The lowest BCUT2D eigenvalue weighted by Crippen LogP contribution is -2.53. The van der Waals surface area contributed by atoms with E-state index in [1.54, 1.807) is 0 Å². The molecule has 3 unspecified atom stereocenters. The minimum absolute atomic E-state index is 0. The summed E-state index contributed by atoms with van der Waals surface area (Å²) in [6.45, 7) is 18.5. The van der Waals surface area contributed by atoms with Gasteiger partial charge in [0.05, 0.1) is 13.2 Å². The molecule has 154 valence electrons. The predicted octanol–water partition coefficient (Wildman–Crippen LogP) is 3.29. The van der Waals surface area contributed by atoms with Crippen molar-refractivity contribution >= 4 is 29.9 Å². The number of piperidine rings is 1. The van der Waals surface area contributed by atoms with E-state index in [4.69, 9.17) is 9.73 Å². The van der Waals surface area contributed by atoms with Crippen LogP contribution < -0.4 is 5.32 Å². The van der Waals surface area contributed by atoms with E-state index in [2.05, 4.69) is 56.8 Å². The van der Waals surface area contributed by atoms with Gasteiger partial charge in [0.1, 0.15) is 0 Å². The first kappa shape index (κ1) is 24.0. The van der Waals surface area contributed by atoms with E-state index < -0.39 is 0 Å². The van der Waals surface area contributed by atoms with Crippen molar-refractivity contribution in [2.24, 2.45) is 22.7 Å². The van der Waals surface area contributed by atoms with Crippen LogP contribution in [0, 0.1) is 17.8 Å². The Kier molecular flexibility index (Phi) is 10.2. The number of halogens is 1. The van der Waals surface area contributed by atoms with Crippen molar-refractivity contribution in [3.05, 3.63) is 0 Å². The van der Waals surface area contributed by atoms with Gasteiger partial charge < -0.3 is 15.0 Å². The Labute approximate surface area is 178 Å². The molecule has 0 saturated carbocycles. The Balaban J connectivity index is 0.00000338. The number of nitrogens with zero attached hydrogens (tertiary/aromatic N) is 3. The highest BCUT2D eigenvalue weighted by Gasteiger charge is 2.32. The van der Waals surface area contributed by atoms with Crippen molar-refractivity contribution < 1.29 is 4.74 Å². The molecule has 0 spiro atoms. The van der Waals surface area contributed by atoms with Crippen molar-refractivity contribution in [3.63, 3.8) is 0 Å². The summed E-state index contributed by atoms with van der Waals surface area (Å²) in [6, 6.07) is 0. The number of aliphatic imine (C=N–C) groups is 1. The van der Waals surface area contributed by atoms with Crippen LogP contribution in [-0.4, -0.2) is 74.3 Å². The van der Waals surface area contributed by atoms with Gasteiger partial charge in [0.25, 0.3) is 0 Å². The molecule has 5 nitrogen and oxygen atoms in total. The zero-order valence-electron chi connectivity index (χ0n) is 17.8. The molecule has 2 rings (SSSR count). The van der Waals surface area contributed by atoms with Crippen LogP contribution in [0.15, 0.2) is 4.99 Å². The molecule has 0 bridgehead atoms. The van der Waals surface area contributed by atoms with Gasteiger partial charge in [-0.2, -0.15) is 0 Å². The van der Waals surface area contributed by atoms with Gasteiger partial charge in [-0.15, -0.1) is 24.0 Å². The molecule has 2 heterocycles.